The Kier molecular flexibility index (Phi) is 4.11. The number of benzene rings is 2. The molecule has 1 aromatic heterocycles. The second-order valence-electron chi connectivity index (χ2n) is 6.63. The number of anilines is 1. The number of nitrogens with one attached hydrogen (secondary N) is 1. The van der Waals surface area contributed by atoms with Crippen molar-refractivity contribution in [2.45, 2.75) is 32.1 Å². The lowest BCUT2D eigenvalue weighted by molar-refractivity contribution is 0.373. The molecule has 2 N–H and O–H groups in total. The van der Waals surface area contributed by atoms with Crippen LogP contribution in [0.4, 0.5) is 5.95 Å². The van der Waals surface area contributed by atoms with E-state index in [2.05, 4.69) is 5.32 Å². The summed E-state index contributed by atoms with van der Waals surface area (Å²) in [7, 11) is 0. The van der Waals surface area contributed by atoms with E-state index in [1.54, 1.807) is 6.07 Å². The number of rotatable bonds is 4. The SMILES string of the molecule is Oc1ccccc1-n1c(NCC2CCCCC2)nc2ccccc21. The summed E-state index contributed by atoms with van der Waals surface area (Å²) in [6.45, 7) is 0.941. The van der Waals surface area contributed by atoms with Crippen molar-refractivity contribution in [3.05, 3.63) is 48.5 Å². The van der Waals surface area contributed by atoms with Crippen LogP contribution in [0.2, 0.25) is 0 Å². The van der Waals surface area contributed by atoms with E-state index >= 15 is 0 Å². The zero-order chi connectivity index (χ0) is 16.4. The summed E-state index contributed by atoms with van der Waals surface area (Å²) in [5.41, 5.74) is 2.70. The number of hydrogen-bond donors (Lipinski definition) is 2. The van der Waals surface area contributed by atoms with Gasteiger partial charge in [0.15, 0.2) is 0 Å². The summed E-state index contributed by atoms with van der Waals surface area (Å²) in [5, 5.41) is 13.8. The number of aromatic hydroxyl groups is 1. The first-order valence-electron chi connectivity index (χ1n) is 8.82. The van der Waals surface area contributed by atoms with Crippen molar-refractivity contribution in [2.75, 3.05) is 11.9 Å². The van der Waals surface area contributed by atoms with Gasteiger partial charge in [-0.05, 0) is 43.0 Å². The largest absolute Gasteiger partial charge is 0.506 e. The molecule has 1 fully saturated rings. The normalized spacial score (nSPS) is 15.7. The van der Waals surface area contributed by atoms with E-state index in [-0.39, 0.29) is 5.75 Å². The maximum Gasteiger partial charge on any atom is 0.208 e. The molecule has 1 heterocycles. The molecule has 0 spiro atoms. The van der Waals surface area contributed by atoms with Gasteiger partial charge in [0.2, 0.25) is 5.95 Å². The van der Waals surface area contributed by atoms with Gasteiger partial charge < -0.3 is 10.4 Å². The number of imidazole rings is 1. The first kappa shape index (κ1) is 15.1. The molecule has 1 aliphatic rings. The second-order valence-corrected chi connectivity index (χ2v) is 6.63. The lowest BCUT2D eigenvalue weighted by Gasteiger charge is -2.22. The quantitative estimate of drug-likeness (QED) is 0.731. The van der Waals surface area contributed by atoms with E-state index in [9.17, 15) is 5.11 Å². The Labute approximate surface area is 142 Å². The summed E-state index contributed by atoms with van der Waals surface area (Å²) in [6.07, 6.45) is 6.63. The molecule has 0 bridgehead atoms. The van der Waals surface area contributed by atoms with Crippen molar-refractivity contribution in [3.8, 4) is 11.4 Å². The number of aromatic nitrogens is 2. The molecule has 0 aliphatic heterocycles. The third kappa shape index (κ3) is 2.84. The van der Waals surface area contributed by atoms with Crippen LogP contribution in [0, 0.1) is 5.92 Å². The minimum Gasteiger partial charge on any atom is -0.506 e. The smallest absolute Gasteiger partial charge is 0.208 e. The van der Waals surface area contributed by atoms with Crippen LogP contribution < -0.4 is 5.32 Å². The van der Waals surface area contributed by atoms with Gasteiger partial charge in [-0.3, -0.25) is 4.57 Å². The highest BCUT2D eigenvalue weighted by atomic mass is 16.3. The van der Waals surface area contributed by atoms with E-state index in [0.29, 0.717) is 0 Å². The van der Waals surface area contributed by atoms with Crippen LogP contribution in [0.3, 0.4) is 0 Å². The lowest BCUT2D eigenvalue weighted by Crippen LogP contribution is -2.19. The van der Waals surface area contributed by atoms with Gasteiger partial charge in [0.1, 0.15) is 5.75 Å². The molecular formula is C20H23N3O. The Morgan fingerprint density at radius 3 is 2.58 bits per heavy atom. The minimum absolute atomic E-state index is 0.265. The van der Waals surface area contributed by atoms with Gasteiger partial charge >= 0.3 is 0 Å². The molecule has 0 amide bonds. The lowest BCUT2D eigenvalue weighted by atomic mass is 9.89. The molecule has 3 aromatic rings. The minimum atomic E-state index is 0.265. The molecule has 0 radical (unpaired) electrons. The van der Waals surface area contributed by atoms with Crippen molar-refractivity contribution in [1.29, 1.82) is 0 Å². The van der Waals surface area contributed by atoms with Crippen LogP contribution in [-0.4, -0.2) is 21.2 Å². The number of phenols is 1. The maximum atomic E-state index is 10.3. The average Bonchev–Trinajstić information content (AvgIpc) is 2.99. The molecular weight excluding hydrogens is 298 g/mol. The molecule has 0 unspecified atom stereocenters. The molecule has 24 heavy (non-hydrogen) atoms. The van der Waals surface area contributed by atoms with Gasteiger partial charge in [0.25, 0.3) is 0 Å². The number of nitrogens with zero attached hydrogens (tertiary/aromatic N) is 2. The molecule has 0 atom stereocenters. The zero-order valence-corrected chi connectivity index (χ0v) is 13.8. The third-order valence-electron chi connectivity index (χ3n) is 4.96. The Hall–Kier alpha value is -2.49. The molecule has 4 heteroatoms. The van der Waals surface area contributed by atoms with Crippen molar-refractivity contribution in [3.63, 3.8) is 0 Å². The van der Waals surface area contributed by atoms with Gasteiger partial charge in [-0.1, -0.05) is 43.5 Å². The van der Waals surface area contributed by atoms with Crippen LogP contribution >= 0.6 is 0 Å². The highest BCUT2D eigenvalue weighted by Gasteiger charge is 2.17. The number of para-hydroxylation sites is 4. The van der Waals surface area contributed by atoms with Crippen LogP contribution in [0.1, 0.15) is 32.1 Å². The Morgan fingerprint density at radius 2 is 1.75 bits per heavy atom. The summed E-state index contributed by atoms with van der Waals surface area (Å²) in [4.78, 5) is 4.76. The van der Waals surface area contributed by atoms with Gasteiger partial charge in [-0.2, -0.15) is 0 Å². The zero-order valence-electron chi connectivity index (χ0n) is 13.8. The van der Waals surface area contributed by atoms with E-state index < -0.39 is 0 Å². The third-order valence-corrected chi connectivity index (χ3v) is 4.96. The predicted octanol–water partition coefficient (Wildman–Crippen LogP) is 4.72. The highest BCUT2D eigenvalue weighted by Crippen LogP contribution is 2.30. The summed E-state index contributed by atoms with van der Waals surface area (Å²) >= 11 is 0. The highest BCUT2D eigenvalue weighted by molar-refractivity contribution is 5.81. The number of phenolic OH excluding ortho intramolecular Hbond substituents is 1. The fourth-order valence-electron chi connectivity index (χ4n) is 3.67. The van der Waals surface area contributed by atoms with E-state index in [0.717, 1.165) is 35.1 Å². The summed E-state index contributed by atoms with van der Waals surface area (Å²) < 4.78 is 2.02. The summed E-state index contributed by atoms with van der Waals surface area (Å²) in [5.74, 6) is 1.79. The molecule has 1 saturated carbocycles. The van der Waals surface area contributed by atoms with Crippen molar-refractivity contribution in [1.82, 2.24) is 9.55 Å². The van der Waals surface area contributed by atoms with Crippen LogP contribution in [0.25, 0.3) is 16.7 Å². The van der Waals surface area contributed by atoms with Crippen molar-refractivity contribution >= 4 is 17.0 Å². The monoisotopic (exact) mass is 321 g/mol. The second kappa shape index (κ2) is 6.56. The summed E-state index contributed by atoms with van der Waals surface area (Å²) in [6, 6.07) is 15.5. The van der Waals surface area contributed by atoms with E-state index in [4.69, 9.17) is 4.98 Å². The van der Waals surface area contributed by atoms with Crippen molar-refractivity contribution < 1.29 is 5.11 Å². The topological polar surface area (TPSA) is 50.1 Å². The van der Waals surface area contributed by atoms with Gasteiger partial charge in [0, 0.05) is 6.54 Å². The molecule has 2 aromatic carbocycles. The van der Waals surface area contributed by atoms with E-state index in [1.807, 2.05) is 47.0 Å². The average molecular weight is 321 g/mol. The van der Waals surface area contributed by atoms with Crippen LogP contribution in [0.15, 0.2) is 48.5 Å². The first-order valence-corrected chi connectivity index (χ1v) is 8.82. The molecule has 124 valence electrons. The Bertz CT molecular complexity index is 834. The first-order chi connectivity index (χ1) is 11.8. The van der Waals surface area contributed by atoms with Crippen LogP contribution in [0.5, 0.6) is 5.75 Å². The molecule has 1 aliphatic carbocycles. The van der Waals surface area contributed by atoms with E-state index in [1.165, 1.54) is 32.1 Å². The standard InChI is InChI=1S/C20H23N3O/c24-19-13-7-6-12-18(19)23-17-11-5-4-10-16(17)22-20(23)21-14-15-8-2-1-3-9-15/h4-7,10-13,15,24H,1-3,8-9,14H2,(H,21,22). The number of hydrogen-bond acceptors (Lipinski definition) is 3. The fraction of sp³-hybridized carbons (Fsp3) is 0.350. The van der Waals surface area contributed by atoms with Crippen molar-refractivity contribution in [2.24, 2.45) is 5.92 Å². The van der Waals surface area contributed by atoms with Crippen LogP contribution in [-0.2, 0) is 0 Å². The van der Waals surface area contributed by atoms with Gasteiger partial charge in [-0.25, -0.2) is 4.98 Å². The number of fused-ring (bicyclic) bond motifs is 1. The molecule has 0 saturated heterocycles. The van der Waals surface area contributed by atoms with Gasteiger partial charge in [0.05, 0.1) is 16.7 Å². The Balaban J connectivity index is 1.71. The molecule has 4 rings (SSSR count). The predicted molar refractivity (Wildman–Crippen MR) is 97.8 cm³/mol. The Morgan fingerprint density at radius 1 is 1.00 bits per heavy atom. The maximum absolute atomic E-state index is 10.3. The fourth-order valence-corrected chi connectivity index (χ4v) is 3.67. The molecule has 4 nitrogen and oxygen atoms in total. The van der Waals surface area contributed by atoms with Gasteiger partial charge in [-0.15, -0.1) is 0 Å².